The van der Waals surface area contributed by atoms with Crippen LogP contribution in [0.3, 0.4) is 0 Å². The molecule has 7 heteroatoms. The van der Waals surface area contributed by atoms with Gasteiger partial charge in [-0.3, -0.25) is 0 Å². The summed E-state index contributed by atoms with van der Waals surface area (Å²) in [7, 11) is 0. The lowest BCUT2D eigenvalue weighted by atomic mass is 10.1. The molecule has 31 heavy (non-hydrogen) atoms. The Balaban J connectivity index is 1.41. The molecule has 2 aliphatic heterocycles. The van der Waals surface area contributed by atoms with E-state index in [1.165, 1.54) is 0 Å². The monoisotopic (exact) mass is 426 g/mol. The normalized spacial score (nSPS) is 19.6. The molecule has 1 aromatic heterocycles. The molecule has 7 nitrogen and oxygen atoms in total. The molecule has 0 saturated carbocycles. The molecular formula is C24H30N2O5. The number of carbonyl (C=O) groups is 1. The molecule has 1 amide bonds. The highest BCUT2D eigenvalue weighted by molar-refractivity contribution is 5.69. The predicted molar refractivity (Wildman–Crippen MR) is 116 cm³/mol. The van der Waals surface area contributed by atoms with Crippen LogP contribution < -0.4 is 4.74 Å². The van der Waals surface area contributed by atoms with E-state index < -0.39 is 5.60 Å². The largest absolute Gasteiger partial charge is 0.475 e. The summed E-state index contributed by atoms with van der Waals surface area (Å²) in [4.78, 5) is 18.9. The predicted octanol–water partition coefficient (Wildman–Crippen LogP) is 4.57. The molecule has 3 heterocycles. The molecule has 0 spiro atoms. The summed E-state index contributed by atoms with van der Waals surface area (Å²) in [5.74, 6) is 0.535. The number of benzene rings is 1. The standard InChI is InChI=1S/C24H30N2O5/c1-24(2,3)31-23(27)26-12-6-9-19(26)16-30-21-11-5-10-20(25-21)17-7-4-8-18(15-17)22-28-13-14-29-22/h4-5,7-8,10-11,15,19,22H,6,9,12-14,16H2,1-3H3/t19-/m1/s1. The van der Waals surface area contributed by atoms with Crippen LogP contribution in [0.1, 0.15) is 45.5 Å². The Bertz CT molecular complexity index is 905. The van der Waals surface area contributed by atoms with Crippen LogP contribution in [0.5, 0.6) is 5.88 Å². The number of likely N-dealkylation sites (tertiary alicyclic amines) is 1. The molecule has 0 bridgehead atoms. The van der Waals surface area contributed by atoms with E-state index in [1.54, 1.807) is 4.90 Å². The van der Waals surface area contributed by atoms with Gasteiger partial charge >= 0.3 is 6.09 Å². The third-order valence-corrected chi connectivity index (χ3v) is 5.23. The van der Waals surface area contributed by atoms with Crippen molar-refractivity contribution >= 4 is 6.09 Å². The molecule has 166 valence electrons. The first-order valence-electron chi connectivity index (χ1n) is 10.8. The van der Waals surface area contributed by atoms with Crippen LogP contribution in [0.4, 0.5) is 4.79 Å². The Labute approximate surface area is 183 Å². The summed E-state index contributed by atoms with van der Waals surface area (Å²) in [5, 5.41) is 0. The van der Waals surface area contributed by atoms with E-state index in [-0.39, 0.29) is 18.4 Å². The average Bonchev–Trinajstić information content (AvgIpc) is 3.43. The molecule has 2 aromatic rings. The number of amides is 1. The number of hydrogen-bond acceptors (Lipinski definition) is 6. The summed E-state index contributed by atoms with van der Waals surface area (Å²) in [6, 6.07) is 13.7. The van der Waals surface area contributed by atoms with Gasteiger partial charge in [0.2, 0.25) is 5.88 Å². The van der Waals surface area contributed by atoms with Crippen LogP contribution in [0, 0.1) is 0 Å². The second-order valence-corrected chi connectivity index (χ2v) is 8.84. The number of rotatable bonds is 5. The molecule has 0 N–H and O–H groups in total. The minimum atomic E-state index is -0.510. The summed E-state index contributed by atoms with van der Waals surface area (Å²) >= 11 is 0. The maximum absolute atomic E-state index is 12.5. The number of hydrogen-bond donors (Lipinski definition) is 0. The summed E-state index contributed by atoms with van der Waals surface area (Å²) < 4.78 is 22.7. The first-order chi connectivity index (χ1) is 14.9. The summed E-state index contributed by atoms with van der Waals surface area (Å²) in [6.07, 6.45) is 1.23. The third kappa shape index (κ3) is 5.54. The average molecular weight is 427 g/mol. The van der Waals surface area contributed by atoms with Crippen molar-refractivity contribution in [3.8, 4) is 17.1 Å². The SMILES string of the molecule is CC(C)(C)OC(=O)N1CCC[C@@H]1COc1cccc(-c2cccc(C3OCCO3)c2)n1. The molecule has 1 atom stereocenters. The first-order valence-corrected chi connectivity index (χ1v) is 10.8. The second-order valence-electron chi connectivity index (χ2n) is 8.84. The Morgan fingerprint density at radius 1 is 1.16 bits per heavy atom. The Morgan fingerprint density at radius 3 is 2.71 bits per heavy atom. The fourth-order valence-corrected chi connectivity index (χ4v) is 3.80. The van der Waals surface area contributed by atoms with Crippen molar-refractivity contribution in [2.24, 2.45) is 0 Å². The van der Waals surface area contributed by atoms with Crippen molar-refractivity contribution in [1.82, 2.24) is 9.88 Å². The Kier molecular flexibility index (Phi) is 6.43. The van der Waals surface area contributed by atoms with Crippen molar-refractivity contribution in [2.75, 3.05) is 26.4 Å². The van der Waals surface area contributed by atoms with Gasteiger partial charge in [-0.15, -0.1) is 0 Å². The minimum Gasteiger partial charge on any atom is -0.475 e. The highest BCUT2D eigenvalue weighted by Crippen LogP contribution is 2.28. The number of ether oxygens (including phenoxy) is 4. The molecule has 4 rings (SSSR count). The van der Waals surface area contributed by atoms with Gasteiger partial charge in [-0.1, -0.05) is 24.3 Å². The Hall–Kier alpha value is -2.64. The van der Waals surface area contributed by atoms with Crippen LogP contribution in [0.2, 0.25) is 0 Å². The van der Waals surface area contributed by atoms with Gasteiger partial charge in [0.1, 0.15) is 12.2 Å². The highest BCUT2D eigenvalue weighted by atomic mass is 16.7. The van der Waals surface area contributed by atoms with Crippen molar-refractivity contribution in [2.45, 2.75) is 51.5 Å². The van der Waals surface area contributed by atoms with Crippen LogP contribution in [-0.2, 0) is 14.2 Å². The van der Waals surface area contributed by atoms with E-state index in [4.69, 9.17) is 18.9 Å². The van der Waals surface area contributed by atoms with E-state index in [2.05, 4.69) is 4.98 Å². The van der Waals surface area contributed by atoms with Gasteiger partial charge in [0.15, 0.2) is 6.29 Å². The number of pyridine rings is 1. The van der Waals surface area contributed by atoms with E-state index in [1.807, 2.05) is 63.2 Å². The summed E-state index contributed by atoms with van der Waals surface area (Å²) in [6.45, 7) is 7.93. The van der Waals surface area contributed by atoms with Gasteiger partial charge in [-0.05, 0) is 45.7 Å². The molecule has 0 unspecified atom stereocenters. The van der Waals surface area contributed by atoms with Crippen molar-refractivity contribution in [3.05, 3.63) is 48.0 Å². The number of aromatic nitrogens is 1. The fourth-order valence-electron chi connectivity index (χ4n) is 3.80. The second kappa shape index (κ2) is 9.24. The molecule has 0 radical (unpaired) electrons. The molecule has 1 aromatic carbocycles. The topological polar surface area (TPSA) is 70.1 Å². The summed E-state index contributed by atoms with van der Waals surface area (Å²) in [5.41, 5.74) is 2.25. The third-order valence-electron chi connectivity index (χ3n) is 5.23. The lowest BCUT2D eigenvalue weighted by molar-refractivity contribution is -0.0440. The van der Waals surface area contributed by atoms with Gasteiger partial charge in [-0.2, -0.15) is 0 Å². The number of carbonyl (C=O) groups excluding carboxylic acids is 1. The molecule has 2 fully saturated rings. The lowest BCUT2D eigenvalue weighted by Gasteiger charge is -2.28. The maximum Gasteiger partial charge on any atom is 0.410 e. The fraction of sp³-hybridized carbons (Fsp3) is 0.500. The van der Waals surface area contributed by atoms with Gasteiger partial charge in [0.05, 0.1) is 24.9 Å². The Morgan fingerprint density at radius 2 is 1.94 bits per heavy atom. The minimum absolute atomic E-state index is 0.0136. The van der Waals surface area contributed by atoms with Crippen molar-refractivity contribution < 1.29 is 23.7 Å². The smallest absolute Gasteiger partial charge is 0.410 e. The van der Waals surface area contributed by atoms with Crippen LogP contribution in [-0.4, -0.2) is 54.0 Å². The van der Waals surface area contributed by atoms with Crippen LogP contribution >= 0.6 is 0 Å². The van der Waals surface area contributed by atoms with Gasteiger partial charge in [0, 0.05) is 23.7 Å². The van der Waals surface area contributed by atoms with Crippen LogP contribution in [0.25, 0.3) is 11.3 Å². The van der Waals surface area contributed by atoms with Crippen LogP contribution in [0.15, 0.2) is 42.5 Å². The highest BCUT2D eigenvalue weighted by Gasteiger charge is 2.32. The van der Waals surface area contributed by atoms with E-state index in [0.29, 0.717) is 32.2 Å². The quantitative estimate of drug-likeness (QED) is 0.697. The van der Waals surface area contributed by atoms with Gasteiger partial charge in [0.25, 0.3) is 0 Å². The zero-order valence-electron chi connectivity index (χ0n) is 18.4. The zero-order chi connectivity index (χ0) is 21.8. The molecule has 0 aliphatic carbocycles. The van der Waals surface area contributed by atoms with E-state index >= 15 is 0 Å². The first kappa shape index (κ1) is 21.6. The molecule has 2 saturated heterocycles. The van der Waals surface area contributed by atoms with Gasteiger partial charge in [-0.25, -0.2) is 9.78 Å². The number of nitrogens with zero attached hydrogens (tertiary/aromatic N) is 2. The van der Waals surface area contributed by atoms with E-state index in [9.17, 15) is 4.79 Å². The molecule has 2 aliphatic rings. The maximum atomic E-state index is 12.5. The van der Waals surface area contributed by atoms with Gasteiger partial charge < -0.3 is 23.8 Å². The van der Waals surface area contributed by atoms with Crippen molar-refractivity contribution in [3.63, 3.8) is 0 Å². The van der Waals surface area contributed by atoms with E-state index in [0.717, 1.165) is 29.7 Å². The molecular weight excluding hydrogens is 396 g/mol. The lowest BCUT2D eigenvalue weighted by Crippen LogP contribution is -2.42. The zero-order valence-corrected chi connectivity index (χ0v) is 18.4. The van der Waals surface area contributed by atoms with Crippen molar-refractivity contribution in [1.29, 1.82) is 0 Å².